The number of aromatic nitrogens is 1. The van der Waals surface area contributed by atoms with Crippen molar-refractivity contribution in [2.75, 3.05) is 6.61 Å². The van der Waals surface area contributed by atoms with E-state index < -0.39 is 0 Å². The topological polar surface area (TPSA) is 60.7 Å². The lowest BCUT2D eigenvalue weighted by molar-refractivity contribution is -0.143. The summed E-state index contributed by atoms with van der Waals surface area (Å²) in [5, 5.41) is 0. The van der Waals surface area contributed by atoms with Crippen LogP contribution in [0.25, 0.3) is 0 Å². The summed E-state index contributed by atoms with van der Waals surface area (Å²) >= 11 is 1.53. The molecule has 0 bridgehead atoms. The van der Waals surface area contributed by atoms with E-state index in [1.54, 1.807) is 19.1 Å². The number of rotatable bonds is 4. The minimum absolute atomic E-state index is 0.0980. The molecule has 6 heteroatoms. The quantitative estimate of drug-likeness (QED) is 0.729. The fourth-order valence-electron chi connectivity index (χ4n) is 3.61. The number of esters is 1. The summed E-state index contributed by atoms with van der Waals surface area (Å²) in [5.74, 6) is -0.00815. The zero-order valence-corrected chi connectivity index (χ0v) is 17.8. The van der Waals surface area contributed by atoms with E-state index in [1.165, 1.54) is 16.2 Å². The summed E-state index contributed by atoms with van der Waals surface area (Å²) in [4.78, 5) is 31.0. The first-order valence-electron chi connectivity index (χ1n) is 9.80. The van der Waals surface area contributed by atoms with Gasteiger partial charge in [-0.25, -0.2) is 0 Å². The van der Waals surface area contributed by atoms with E-state index in [0.717, 1.165) is 25.0 Å². The summed E-state index contributed by atoms with van der Waals surface area (Å²) in [7, 11) is 0. The highest BCUT2D eigenvalue weighted by atomic mass is 32.1. The highest BCUT2D eigenvalue weighted by molar-refractivity contribution is 7.09. The molecule has 150 valence electrons. The minimum atomic E-state index is -0.297. The molecule has 0 unspecified atom stereocenters. The van der Waals surface area contributed by atoms with Crippen molar-refractivity contribution in [1.82, 2.24) is 4.57 Å². The first-order valence-corrected chi connectivity index (χ1v) is 10.6. The van der Waals surface area contributed by atoms with Crippen molar-refractivity contribution >= 4 is 23.2 Å². The smallest absolute Gasteiger partial charge is 0.326 e. The average molecular weight is 401 g/mol. The van der Waals surface area contributed by atoms with Crippen LogP contribution in [0.4, 0.5) is 0 Å². The highest BCUT2D eigenvalue weighted by Crippen LogP contribution is 2.38. The SMILES string of the molecule is CCOC(=O)Cn1c2c(sc1=NC(=O)c1ccccc1)C[C@H](C(C)(C)C)CC2. The summed E-state index contributed by atoms with van der Waals surface area (Å²) in [5.41, 5.74) is 1.90. The third-order valence-electron chi connectivity index (χ3n) is 5.29. The monoisotopic (exact) mass is 400 g/mol. The Bertz CT molecular complexity index is 919. The van der Waals surface area contributed by atoms with Crippen molar-refractivity contribution in [3.63, 3.8) is 0 Å². The van der Waals surface area contributed by atoms with Gasteiger partial charge < -0.3 is 9.30 Å². The van der Waals surface area contributed by atoms with Crippen LogP contribution in [0.1, 0.15) is 55.0 Å². The Morgan fingerprint density at radius 3 is 2.61 bits per heavy atom. The molecule has 0 aliphatic heterocycles. The fourth-order valence-corrected chi connectivity index (χ4v) is 4.86. The fraction of sp³-hybridized carbons (Fsp3) is 0.500. The van der Waals surface area contributed by atoms with Crippen molar-refractivity contribution in [2.45, 2.75) is 53.5 Å². The summed E-state index contributed by atoms with van der Waals surface area (Å²) in [6.45, 7) is 9.05. The molecule has 2 aromatic rings. The minimum Gasteiger partial charge on any atom is -0.465 e. The van der Waals surface area contributed by atoms with Gasteiger partial charge in [-0.2, -0.15) is 4.99 Å². The van der Waals surface area contributed by atoms with Gasteiger partial charge in [-0.3, -0.25) is 9.59 Å². The molecule has 0 saturated carbocycles. The second-order valence-electron chi connectivity index (χ2n) is 8.23. The third kappa shape index (κ3) is 4.61. The van der Waals surface area contributed by atoms with E-state index in [9.17, 15) is 9.59 Å². The maximum absolute atomic E-state index is 12.6. The number of carbonyl (C=O) groups excluding carboxylic acids is 2. The number of carbonyl (C=O) groups is 2. The zero-order valence-electron chi connectivity index (χ0n) is 17.0. The molecule has 1 aliphatic carbocycles. The molecule has 1 aromatic heterocycles. The van der Waals surface area contributed by atoms with Crippen LogP contribution >= 0.6 is 11.3 Å². The lowest BCUT2D eigenvalue weighted by Crippen LogP contribution is -2.29. The van der Waals surface area contributed by atoms with E-state index in [1.807, 2.05) is 22.8 Å². The van der Waals surface area contributed by atoms with Crippen LogP contribution in [0.2, 0.25) is 0 Å². The standard InChI is InChI=1S/C22H28N2O3S/c1-5-27-19(25)14-24-17-12-11-16(22(2,3)4)13-18(17)28-21(24)23-20(26)15-9-7-6-8-10-15/h6-10,16H,5,11-14H2,1-4H3/t16-/m1/s1. The predicted molar refractivity (Wildman–Crippen MR) is 110 cm³/mol. The molecule has 0 fully saturated rings. The highest BCUT2D eigenvalue weighted by Gasteiger charge is 2.31. The summed E-state index contributed by atoms with van der Waals surface area (Å²) in [6, 6.07) is 9.02. The molecule has 1 atom stereocenters. The molecule has 1 heterocycles. The van der Waals surface area contributed by atoms with E-state index in [2.05, 4.69) is 25.8 Å². The van der Waals surface area contributed by atoms with Crippen molar-refractivity contribution in [3.05, 3.63) is 51.3 Å². The number of ether oxygens (including phenoxy) is 1. The Labute approximate surface area is 170 Å². The van der Waals surface area contributed by atoms with Crippen LogP contribution in [0.3, 0.4) is 0 Å². The first-order chi connectivity index (χ1) is 13.3. The Kier molecular flexibility index (Phi) is 6.18. The van der Waals surface area contributed by atoms with Gasteiger partial charge in [0.05, 0.1) is 6.61 Å². The predicted octanol–water partition coefficient (Wildman–Crippen LogP) is 4.00. The molecule has 1 aliphatic rings. The van der Waals surface area contributed by atoms with E-state index >= 15 is 0 Å². The van der Waals surface area contributed by atoms with E-state index in [-0.39, 0.29) is 23.8 Å². The number of benzene rings is 1. The largest absolute Gasteiger partial charge is 0.465 e. The summed E-state index contributed by atoms with van der Waals surface area (Å²) < 4.78 is 7.03. The zero-order chi connectivity index (χ0) is 20.3. The molecule has 0 N–H and O–H groups in total. The Morgan fingerprint density at radius 1 is 1.25 bits per heavy atom. The maximum Gasteiger partial charge on any atom is 0.326 e. The second-order valence-corrected chi connectivity index (χ2v) is 9.30. The number of fused-ring (bicyclic) bond motifs is 1. The van der Waals surface area contributed by atoms with Gasteiger partial charge in [0.15, 0.2) is 4.80 Å². The van der Waals surface area contributed by atoms with Crippen molar-refractivity contribution in [3.8, 4) is 0 Å². The molecule has 0 spiro atoms. The van der Waals surface area contributed by atoms with Gasteiger partial charge in [0.2, 0.25) is 0 Å². The van der Waals surface area contributed by atoms with Gasteiger partial charge in [-0.15, -0.1) is 11.3 Å². The number of nitrogens with zero attached hydrogens (tertiary/aromatic N) is 2. The van der Waals surface area contributed by atoms with Gasteiger partial charge in [0.1, 0.15) is 6.54 Å². The molecular formula is C22H28N2O3S. The summed E-state index contributed by atoms with van der Waals surface area (Å²) in [6.07, 6.45) is 2.92. The van der Waals surface area contributed by atoms with Crippen LogP contribution < -0.4 is 4.80 Å². The lowest BCUT2D eigenvalue weighted by atomic mass is 9.73. The second kappa shape index (κ2) is 8.43. The number of thiazole rings is 1. The molecule has 5 nitrogen and oxygen atoms in total. The molecule has 1 amide bonds. The Balaban J connectivity index is 2.01. The molecule has 28 heavy (non-hydrogen) atoms. The first kappa shape index (κ1) is 20.5. The van der Waals surface area contributed by atoms with Gasteiger partial charge in [-0.1, -0.05) is 39.0 Å². The molecule has 1 aromatic carbocycles. The lowest BCUT2D eigenvalue weighted by Gasteiger charge is -2.33. The maximum atomic E-state index is 12.6. The Hall–Kier alpha value is -2.21. The van der Waals surface area contributed by atoms with E-state index in [4.69, 9.17) is 4.74 Å². The van der Waals surface area contributed by atoms with Crippen molar-refractivity contribution in [2.24, 2.45) is 16.3 Å². The van der Waals surface area contributed by atoms with Crippen molar-refractivity contribution in [1.29, 1.82) is 0 Å². The molecule has 3 rings (SSSR count). The third-order valence-corrected chi connectivity index (χ3v) is 6.43. The molecular weight excluding hydrogens is 372 g/mol. The Morgan fingerprint density at radius 2 is 1.96 bits per heavy atom. The number of amides is 1. The van der Waals surface area contributed by atoms with Crippen LogP contribution in [0.15, 0.2) is 35.3 Å². The van der Waals surface area contributed by atoms with Crippen LogP contribution in [-0.2, 0) is 28.9 Å². The van der Waals surface area contributed by atoms with Crippen molar-refractivity contribution < 1.29 is 14.3 Å². The van der Waals surface area contributed by atoms with Crippen LogP contribution in [0, 0.1) is 11.3 Å². The number of hydrogen-bond donors (Lipinski definition) is 0. The van der Waals surface area contributed by atoms with Gasteiger partial charge >= 0.3 is 5.97 Å². The van der Waals surface area contributed by atoms with Crippen LogP contribution in [-0.4, -0.2) is 23.1 Å². The van der Waals surface area contributed by atoms with Gasteiger partial charge in [0, 0.05) is 16.1 Å². The van der Waals surface area contributed by atoms with E-state index in [0.29, 0.717) is 22.9 Å². The molecule has 0 radical (unpaired) electrons. The van der Waals surface area contributed by atoms with Gasteiger partial charge in [-0.05, 0) is 49.7 Å². The van der Waals surface area contributed by atoms with Crippen LogP contribution in [0.5, 0.6) is 0 Å². The van der Waals surface area contributed by atoms with Gasteiger partial charge in [0.25, 0.3) is 5.91 Å². The molecule has 0 saturated heterocycles. The average Bonchev–Trinajstić information content (AvgIpc) is 2.98. The number of hydrogen-bond acceptors (Lipinski definition) is 4. The normalized spacial score (nSPS) is 17.3.